The van der Waals surface area contributed by atoms with E-state index in [9.17, 15) is 0 Å². The molecule has 64 heavy (non-hydrogen) atoms. The SMILES string of the molecule is CCCc1ccc2[cH-]c(C(C)C)cc2c1-c1cc(C(C)(C)C)cc(C(C)(C)C)c1.CCCc1ccc2[cH-]c(C(C)C)cc2c1-c1cc(C(C)(C)C)cc(C(C)(C)C)c1.C[Si]C.[Cl][Zr+2][Cl]. The van der Waals surface area contributed by atoms with Crippen molar-refractivity contribution >= 4 is 48.1 Å². The van der Waals surface area contributed by atoms with Gasteiger partial charge >= 0.3 is 37.9 Å². The first-order valence-corrected chi connectivity index (χ1v) is 32.3. The van der Waals surface area contributed by atoms with Crippen LogP contribution in [0.2, 0.25) is 13.1 Å². The summed E-state index contributed by atoms with van der Waals surface area (Å²) in [4.78, 5) is 0. The van der Waals surface area contributed by atoms with Crippen molar-refractivity contribution in [3.8, 4) is 22.3 Å². The Bertz CT molecular complexity index is 2160. The van der Waals surface area contributed by atoms with Crippen molar-refractivity contribution in [2.24, 2.45) is 0 Å². The molecule has 0 nitrogen and oxygen atoms in total. The van der Waals surface area contributed by atoms with Crippen LogP contribution in [0.4, 0.5) is 0 Å². The van der Waals surface area contributed by atoms with Crippen LogP contribution in [0.1, 0.15) is 194 Å². The molecule has 0 bridgehead atoms. The van der Waals surface area contributed by atoms with Crippen LogP contribution in [-0.4, -0.2) is 9.52 Å². The monoisotopic (exact) mass is 992 g/mol. The Morgan fingerprint density at radius 3 is 0.969 bits per heavy atom. The summed E-state index contributed by atoms with van der Waals surface area (Å²) in [7, 11) is 11.0. The van der Waals surface area contributed by atoms with E-state index < -0.39 is 20.8 Å². The maximum atomic E-state index is 4.93. The zero-order valence-electron chi connectivity index (χ0n) is 43.8. The molecular weight excluding hydrogens is 911 g/mol. The minimum atomic E-state index is -0.826. The number of halogens is 2. The molecule has 0 fully saturated rings. The molecule has 0 amide bonds. The van der Waals surface area contributed by atoms with E-state index in [1.165, 1.54) is 101 Å². The van der Waals surface area contributed by atoms with Crippen LogP contribution in [0, 0.1) is 0 Å². The molecular formula is C60H84Cl2SiZr. The molecule has 4 heteroatoms. The third-order valence-electron chi connectivity index (χ3n) is 12.3. The van der Waals surface area contributed by atoms with Crippen molar-refractivity contribution in [1.82, 2.24) is 0 Å². The number of hydrogen-bond donors (Lipinski definition) is 0. The zero-order valence-corrected chi connectivity index (χ0v) is 48.8. The Kier molecular flexibility index (Phi) is 20.8. The molecule has 0 saturated heterocycles. The van der Waals surface area contributed by atoms with Gasteiger partial charge in [0.15, 0.2) is 0 Å². The molecule has 0 atom stereocenters. The first-order valence-electron chi connectivity index (χ1n) is 24.0. The normalized spacial score (nSPS) is 12.1. The quantitative estimate of drug-likeness (QED) is 0.105. The molecule has 0 aliphatic carbocycles. The number of hydrogen-bond acceptors (Lipinski definition) is 0. The first kappa shape index (κ1) is 56.1. The summed E-state index contributed by atoms with van der Waals surface area (Å²) in [6.45, 7) is 45.9. The predicted molar refractivity (Wildman–Crippen MR) is 290 cm³/mol. The van der Waals surface area contributed by atoms with Gasteiger partial charge in [-0.25, -0.2) is 0 Å². The Morgan fingerprint density at radius 2 is 0.750 bits per heavy atom. The average molecular weight is 996 g/mol. The van der Waals surface area contributed by atoms with Gasteiger partial charge in [0, 0.05) is 9.52 Å². The maximum absolute atomic E-state index is 4.93. The summed E-state index contributed by atoms with van der Waals surface area (Å²) in [6, 6.07) is 33.7. The minimum absolute atomic E-state index is 0.129. The molecule has 6 aromatic carbocycles. The Morgan fingerprint density at radius 1 is 0.484 bits per heavy atom. The van der Waals surface area contributed by atoms with E-state index in [-0.39, 0.29) is 21.7 Å². The van der Waals surface area contributed by atoms with Crippen molar-refractivity contribution in [2.75, 3.05) is 0 Å². The number of fused-ring (bicyclic) bond motifs is 2. The van der Waals surface area contributed by atoms with E-state index in [1.54, 1.807) is 0 Å². The van der Waals surface area contributed by atoms with Gasteiger partial charge in [-0.2, -0.15) is 12.1 Å². The van der Waals surface area contributed by atoms with E-state index in [4.69, 9.17) is 17.0 Å². The Hall–Kier alpha value is -2.22. The van der Waals surface area contributed by atoms with Crippen molar-refractivity contribution in [3.05, 3.63) is 129 Å². The fourth-order valence-electron chi connectivity index (χ4n) is 8.28. The van der Waals surface area contributed by atoms with E-state index in [1.807, 2.05) is 0 Å². The second-order valence-electron chi connectivity index (χ2n) is 22.8. The van der Waals surface area contributed by atoms with E-state index in [0.29, 0.717) is 11.8 Å². The molecule has 0 spiro atoms. The van der Waals surface area contributed by atoms with Crippen molar-refractivity contribution in [2.45, 2.75) is 197 Å². The summed E-state index contributed by atoms with van der Waals surface area (Å²) >= 11 is -0.826. The molecule has 2 radical (unpaired) electrons. The standard InChI is InChI=1S/2C29H39.C2H6Si.2ClH.Zr/c2*1-10-11-20-12-13-21-14-22(19(2)3)17-26(21)27(20)23-15-24(28(4,5)6)18-25(16-23)29(7,8)9;1-3-2;;;/h2*12-19H,10-11H2,1-9H3;1-2H3;2*1H;/q2*-1;;;;+4/p-2. The third-order valence-corrected chi connectivity index (χ3v) is 12.3. The first-order chi connectivity index (χ1) is 29.7. The van der Waals surface area contributed by atoms with Crippen LogP contribution in [-0.2, 0) is 55.3 Å². The van der Waals surface area contributed by atoms with Gasteiger partial charge in [-0.1, -0.05) is 209 Å². The van der Waals surface area contributed by atoms with Gasteiger partial charge in [0.1, 0.15) is 0 Å². The second-order valence-corrected chi connectivity index (χ2v) is 27.5. The molecule has 0 heterocycles. The molecule has 346 valence electrons. The van der Waals surface area contributed by atoms with Gasteiger partial charge in [0.05, 0.1) is 0 Å². The van der Waals surface area contributed by atoms with Crippen LogP contribution in [0.15, 0.2) is 84.9 Å². The number of rotatable bonds is 8. The molecule has 0 aliphatic heterocycles. The van der Waals surface area contributed by atoms with E-state index in [2.05, 4.69) is 223 Å². The van der Waals surface area contributed by atoms with Crippen LogP contribution in [0.25, 0.3) is 43.8 Å². The van der Waals surface area contributed by atoms with Crippen molar-refractivity contribution in [1.29, 1.82) is 0 Å². The topological polar surface area (TPSA) is 0 Å². The van der Waals surface area contributed by atoms with Gasteiger partial charge in [-0.3, -0.25) is 0 Å². The van der Waals surface area contributed by atoms with Crippen molar-refractivity contribution in [3.63, 3.8) is 0 Å². The molecule has 0 N–H and O–H groups in total. The predicted octanol–water partition coefficient (Wildman–Crippen LogP) is 20.0. The fourth-order valence-corrected chi connectivity index (χ4v) is 8.28. The van der Waals surface area contributed by atoms with Crippen LogP contribution in [0.3, 0.4) is 0 Å². The third kappa shape index (κ3) is 14.9. The summed E-state index contributed by atoms with van der Waals surface area (Å²) in [5.41, 5.74) is 17.7. The average Bonchev–Trinajstić information content (AvgIpc) is 3.83. The van der Waals surface area contributed by atoms with Crippen molar-refractivity contribution < 1.29 is 20.8 Å². The van der Waals surface area contributed by atoms with Gasteiger partial charge in [-0.05, 0) is 79.7 Å². The summed E-state index contributed by atoms with van der Waals surface area (Å²) in [5, 5.41) is 5.60. The van der Waals surface area contributed by atoms with E-state index >= 15 is 0 Å². The molecule has 6 rings (SSSR count). The Balaban J connectivity index is 0.000000303. The van der Waals surface area contributed by atoms with Gasteiger partial charge in [0.25, 0.3) is 0 Å². The molecule has 0 aliphatic rings. The fraction of sp³-hybridized carbons (Fsp3) is 0.500. The second kappa shape index (κ2) is 23.7. The van der Waals surface area contributed by atoms with Crippen LogP contribution < -0.4 is 0 Å². The van der Waals surface area contributed by atoms with Gasteiger partial charge < -0.3 is 0 Å². The molecule has 6 aromatic rings. The van der Waals surface area contributed by atoms with Crippen LogP contribution >= 0.6 is 17.0 Å². The number of aryl methyl sites for hydroxylation is 2. The summed E-state index contributed by atoms with van der Waals surface area (Å²) < 4.78 is 0. The zero-order chi connectivity index (χ0) is 48.5. The number of benzene rings is 4. The van der Waals surface area contributed by atoms with Gasteiger partial charge in [-0.15, -0.1) is 69.1 Å². The van der Waals surface area contributed by atoms with Crippen LogP contribution in [0.5, 0.6) is 0 Å². The Labute approximate surface area is 414 Å². The molecule has 0 aromatic heterocycles. The van der Waals surface area contributed by atoms with Gasteiger partial charge in [0.2, 0.25) is 0 Å². The summed E-state index contributed by atoms with van der Waals surface area (Å²) in [5.74, 6) is 1.10. The molecule has 0 saturated carbocycles. The molecule has 0 unspecified atom stereocenters. The summed E-state index contributed by atoms with van der Waals surface area (Å²) in [6.07, 6.45) is 4.58. The van der Waals surface area contributed by atoms with E-state index in [0.717, 1.165) is 22.4 Å².